The van der Waals surface area contributed by atoms with Gasteiger partial charge in [0, 0.05) is 26.4 Å². The molecule has 0 fully saturated rings. The summed E-state index contributed by atoms with van der Waals surface area (Å²) < 4.78 is 0. The van der Waals surface area contributed by atoms with Gasteiger partial charge in [0.05, 0.1) is 22.5 Å². The van der Waals surface area contributed by atoms with E-state index in [4.69, 9.17) is 16.6 Å². The summed E-state index contributed by atoms with van der Waals surface area (Å²) in [7, 11) is 0. The Hall–Kier alpha value is -3.54. The SMILES string of the molecule is Cc1ccc(-c2cc(C(=O)Nc3nc(-c4ccc(Cl)cc4)c(C)s3)c3ccccc3n2)cc1C. The molecule has 3 aromatic carbocycles. The Labute approximate surface area is 207 Å². The number of aryl methyl sites for hydroxylation is 3. The Morgan fingerprint density at radius 1 is 0.853 bits per heavy atom. The van der Waals surface area contributed by atoms with Crippen LogP contribution in [0.5, 0.6) is 0 Å². The van der Waals surface area contributed by atoms with Crippen molar-refractivity contribution in [3.8, 4) is 22.5 Å². The molecule has 6 heteroatoms. The van der Waals surface area contributed by atoms with E-state index in [1.165, 1.54) is 22.5 Å². The van der Waals surface area contributed by atoms with E-state index in [-0.39, 0.29) is 5.91 Å². The van der Waals surface area contributed by atoms with Gasteiger partial charge < -0.3 is 0 Å². The van der Waals surface area contributed by atoms with Gasteiger partial charge in [0.25, 0.3) is 5.91 Å². The number of para-hydroxylation sites is 1. The van der Waals surface area contributed by atoms with Crippen molar-refractivity contribution in [3.63, 3.8) is 0 Å². The molecule has 0 aliphatic carbocycles. The normalized spacial score (nSPS) is 11.1. The van der Waals surface area contributed by atoms with Crippen LogP contribution in [0.25, 0.3) is 33.4 Å². The van der Waals surface area contributed by atoms with Crippen molar-refractivity contribution in [2.24, 2.45) is 0 Å². The van der Waals surface area contributed by atoms with Gasteiger partial charge in [-0.1, -0.05) is 54.1 Å². The number of benzene rings is 3. The first-order chi connectivity index (χ1) is 16.4. The third-order valence-electron chi connectivity index (χ3n) is 5.90. The Kier molecular flexibility index (Phi) is 5.90. The van der Waals surface area contributed by atoms with E-state index in [1.807, 2.05) is 67.6 Å². The van der Waals surface area contributed by atoms with Crippen LogP contribution in [0.3, 0.4) is 0 Å². The molecule has 2 heterocycles. The van der Waals surface area contributed by atoms with Crippen LogP contribution in [0.4, 0.5) is 5.13 Å². The molecule has 0 aliphatic rings. The number of nitrogens with zero attached hydrogens (tertiary/aromatic N) is 2. The maximum absolute atomic E-state index is 13.4. The summed E-state index contributed by atoms with van der Waals surface area (Å²) >= 11 is 7.48. The number of fused-ring (bicyclic) bond motifs is 1. The van der Waals surface area contributed by atoms with Crippen molar-refractivity contribution in [1.29, 1.82) is 0 Å². The number of amides is 1. The highest BCUT2D eigenvalue weighted by molar-refractivity contribution is 7.16. The molecule has 34 heavy (non-hydrogen) atoms. The predicted octanol–water partition coefficient (Wildman–Crippen LogP) is 7.86. The van der Waals surface area contributed by atoms with Crippen LogP contribution in [-0.4, -0.2) is 15.9 Å². The summed E-state index contributed by atoms with van der Waals surface area (Å²) in [6.07, 6.45) is 0. The number of hydrogen-bond donors (Lipinski definition) is 1. The Morgan fingerprint density at radius 2 is 1.59 bits per heavy atom. The van der Waals surface area contributed by atoms with Crippen molar-refractivity contribution in [3.05, 3.63) is 99.4 Å². The highest BCUT2D eigenvalue weighted by Crippen LogP contribution is 2.32. The fourth-order valence-electron chi connectivity index (χ4n) is 3.90. The lowest BCUT2D eigenvalue weighted by atomic mass is 10.0. The summed E-state index contributed by atoms with van der Waals surface area (Å²) in [6, 6.07) is 23.4. The molecule has 0 saturated carbocycles. The topological polar surface area (TPSA) is 54.9 Å². The molecule has 5 aromatic rings. The van der Waals surface area contributed by atoms with Gasteiger partial charge in [-0.25, -0.2) is 9.97 Å². The maximum Gasteiger partial charge on any atom is 0.258 e. The summed E-state index contributed by atoms with van der Waals surface area (Å²) in [5.41, 5.74) is 7.31. The lowest BCUT2D eigenvalue weighted by Gasteiger charge is -2.11. The molecule has 0 saturated heterocycles. The molecule has 5 rings (SSSR count). The van der Waals surface area contributed by atoms with Crippen LogP contribution in [0.15, 0.2) is 72.8 Å². The van der Waals surface area contributed by atoms with E-state index < -0.39 is 0 Å². The highest BCUT2D eigenvalue weighted by atomic mass is 35.5. The van der Waals surface area contributed by atoms with Gasteiger partial charge in [0.15, 0.2) is 5.13 Å². The number of hydrogen-bond acceptors (Lipinski definition) is 4. The molecular formula is C28H22ClN3OS. The monoisotopic (exact) mass is 483 g/mol. The van der Waals surface area contributed by atoms with Gasteiger partial charge in [-0.15, -0.1) is 11.3 Å². The average molecular weight is 484 g/mol. The molecule has 1 amide bonds. The minimum atomic E-state index is -0.208. The first-order valence-corrected chi connectivity index (χ1v) is 12.1. The molecule has 2 aromatic heterocycles. The smallest absolute Gasteiger partial charge is 0.258 e. The second-order valence-corrected chi connectivity index (χ2v) is 9.90. The van der Waals surface area contributed by atoms with Gasteiger partial charge >= 0.3 is 0 Å². The van der Waals surface area contributed by atoms with Crippen LogP contribution in [0.2, 0.25) is 5.02 Å². The number of aromatic nitrogens is 2. The summed E-state index contributed by atoms with van der Waals surface area (Å²) in [4.78, 5) is 24.0. The fraction of sp³-hybridized carbons (Fsp3) is 0.107. The van der Waals surface area contributed by atoms with Crippen LogP contribution < -0.4 is 5.32 Å². The standard InChI is InChI=1S/C28H22ClN3OS/c1-16-8-9-20(14-17(16)2)25-15-23(22-6-4-5-7-24(22)30-25)27(33)32-28-31-26(18(3)34-28)19-10-12-21(29)13-11-19/h4-15H,1-3H3,(H,31,32,33). The molecule has 0 unspecified atom stereocenters. The lowest BCUT2D eigenvalue weighted by Crippen LogP contribution is -2.13. The number of thiazole rings is 1. The van der Waals surface area contributed by atoms with Crippen LogP contribution in [0, 0.1) is 20.8 Å². The molecule has 0 spiro atoms. The molecule has 0 radical (unpaired) electrons. The van der Waals surface area contributed by atoms with E-state index in [9.17, 15) is 4.79 Å². The van der Waals surface area contributed by atoms with Gasteiger partial charge in [0.2, 0.25) is 0 Å². The van der Waals surface area contributed by atoms with Crippen molar-refractivity contribution in [2.75, 3.05) is 5.32 Å². The first-order valence-electron chi connectivity index (χ1n) is 10.9. The number of nitrogens with one attached hydrogen (secondary N) is 1. The molecule has 0 atom stereocenters. The molecule has 4 nitrogen and oxygen atoms in total. The number of rotatable bonds is 4. The molecular weight excluding hydrogens is 462 g/mol. The lowest BCUT2D eigenvalue weighted by molar-refractivity contribution is 0.102. The maximum atomic E-state index is 13.4. The molecule has 0 aliphatic heterocycles. The van der Waals surface area contributed by atoms with Crippen molar-refractivity contribution in [2.45, 2.75) is 20.8 Å². The van der Waals surface area contributed by atoms with Gasteiger partial charge in [-0.2, -0.15) is 0 Å². The van der Waals surface area contributed by atoms with Crippen molar-refractivity contribution in [1.82, 2.24) is 9.97 Å². The third-order valence-corrected chi connectivity index (χ3v) is 7.04. The number of halogens is 1. The third kappa shape index (κ3) is 4.32. The zero-order valence-corrected chi connectivity index (χ0v) is 20.6. The second kappa shape index (κ2) is 9.01. The summed E-state index contributed by atoms with van der Waals surface area (Å²) in [6.45, 7) is 6.16. The fourth-order valence-corrected chi connectivity index (χ4v) is 4.86. The molecule has 168 valence electrons. The van der Waals surface area contributed by atoms with Crippen molar-refractivity contribution >= 4 is 44.9 Å². The minimum absolute atomic E-state index is 0.208. The van der Waals surface area contributed by atoms with E-state index in [0.29, 0.717) is 15.7 Å². The van der Waals surface area contributed by atoms with E-state index in [1.54, 1.807) is 0 Å². The minimum Gasteiger partial charge on any atom is -0.298 e. The van der Waals surface area contributed by atoms with Gasteiger partial charge in [0.1, 0.15) is 0 Å². The first kappa shape index (κ1) is 22.3. The number of carbonyl (C=O) groups excluding carboxylic acids is 1. The Morgan fingerprint density at radius 3 is 2.35 bits per heavy atom. The summed E-state index contributed by atoms with van der Waals surface area (Å²) in [5.74, 6) is -0.208. The highest BCUT2D eigenvalue weighted by Gasteiger charge is 2.17. The van der Waals surface area contributed by atoms with Crippen molar-refractivity contribution < 1.29 is 4.79 Å². The number of carbonyl (C=O) groups is 1. The molecule has 1 N–H and O–H groups in total. The van der Waals surface area contributed by atoms with Crippen LogP contribution in [0.1, 0.15) is 26.4 Å². The van der Waals surface area contributed by atoms with Crippen LogP contribution >= 0.6 is 22.9 Å². The van der Waals surface area contributed by atoms with E-state index in [2.05, 4.69) is 36.3 Å². The zero-order valence-electron chi connectivity index (χ0n) is 19.0. The second-order valence-electron chi connectivity index (χ2n) is 8.26. The zero-order chi connectivity index (χ0) is 23.8. The van der Waals surface area contributed by atoms with Crippen LogP contribution in [-0.2, 0) is 0 Å². The number of pyridine rings is 1. The predicted molar refractivity (Wildman–Crippen MR) is 142 cm³/mol. The Bertz CT molecular complexity index is 1540. The van der Waals surface area contributed by atoms with E-state index in [0.717, 1.165) is 38.3 Å². The Balaban J connectivity index is 1.52. The average Bonchev–Trinajstić information content (AvgIpc) is 3.20. The largest absolute Gasteiger partial charge is 0.298 e. The van der Waals surface area contributed by atoms with Gasteiger partial charge in [-0.05, 0) is 62.2 Å². The van der Waals surface area contributed by atoms with Gasteiger partial charge in [-0.3, -0.25) is 10.1 Å². The molecule has 0 bridgehead atoms. The quantitative estimate of drug-likeness (QED) is 0.283. The summed E-state index contributed by atoms with van der Waals surface area (Å²) in [5, 5.41) is 5.04. The number of anilines is 1. The van der Waals surface area contributed by atoms with E-state index >= 15 is 0 Å².